The molecule has 0 bridgehead atoms. The summed E-state index contributed by atoms with van der Waals surface area (Å²) in [4.78, 5) is 4.27. The van der Waals surface area contributed by atoms with Crippen LogP contribution < -0.4 is 18.5 Å². The number of allylic oxidation sites excluding steroid dienone is 1. The largest absolute Gasteiger partial charge is 0.497 e. The van der Waals surface area contributed by atoms with Crippen LogP contribution in [0.25, 0.3) is 5.57 Å². The van der Waals surface area contributed by atoms with E-state index in [1.54, 1.807) is 55.1 Å². The molecule has 7 nitrogen and oxygen atoms in total. The maximum Gasteiger partial charge on any atom is 0.266 e. The van der Waals surface area contributed by atoms with Gasteiger partial charge in [-0.15, -0.1) is 11.3 Å². The van der Waals surface area contributed by atoms with Crippen LogP contribution >= 0.6 is 22.9 Å². The molecular weight excluding hydrogens is 599 g/mol. The van der Waals surface area contributed by atoms with Crippen molar-refractivity contribution >= 4 is 43.7 Å². The number of benzene rings is 3. The molecule has 3 aromatic carbocycles. The summed E-state index contributed by atoms with van der Waals surface area (Å²) in [5.74, 6) is 1.29. The zero-order valence-electron chi connectivity index (χ0n) is 23.1. The van der Waals surface area contributed by atoms with Crippen molar-refractivity contribution in [3.05, 3.63) is 100 Å². The maximum atomic E-state index is 13.9. The van der Waals surface area contributed by atoms with E-state index >= 15 is 0 Å². The number of sulfonamides is 1. The van der Waals surface area contributed by atoms with E-state index in [0.717, 1.165) is 30.4 Å². The highest BCUT2D eigenvalue weighted by Crippen LogP contribution is 2.37. The van der Waals surface area contributed by atoms with Gasteiger partial charge in [0.2, 0.25) is 0 Å². The molecule has 1 aliphatic carbocycles. The molecule has 1 unspecified atom stereocenters. The average Bonchev–Trinajstić information content (AvgIpc) is 3.54. The second-order valence-electron chi connectivity index (χ2n) is 9.70. The Labute approximate surface area is 254 Å². The fourth-order valence-corrected chi connectivity index (χ4v) is 7.51. The molecule has 0 N–H and O–H groups in total. The van der Waals surface area contributed by atoms with Gasteiger partial charge in [-0.1, -0.05) is 29.8 Å². The average molecular weight is 629 g/mol. The van der Waals surface area contributed by atoms with Gasteiger partial charge in [-0.05, 0) is 72.9 Å². The van der Waals surface area contributed by atoms with Gasteiger partial charge < -0.3 is 14.2 Å². The predicted molar refractivity (Wildman–Crippen MR) is 164 cm³/mol. The minimum atomic E-state index is -4.07. The lowest BCUT2D eigenvalue weighted by atomic mass is 9.84. The molecule has 4 aromatic rings. The smallest absolute Gasteiger partial charge is 0.266 e. The van der Waals surface area contributed by atoms with Gasteiger partial charge >= 0.3 is 0 Å². The van der Waals surface area contributed by atoms with E-state index in [1.165, 1.54) is 47.0 Å². The van der Waals surface area contributed by atoms with E-state index in [9.17, 15) is 12.8 Å². The molecule has 220 valence electrons. The van der Waals surface area contributed by atoms with Crippen molar-refractivity contribution < 1.29 is 27.0 Å². The molecule has 0 amide bonds. The first-order valence-corrected chi connectivity index (χ1v) is 16.0. The lowest BCUT2D eigenvalue weighted by Crippen LogP contribution is -2.30. The second kappa shape index (κ2) is 13.1. The molecule has 0 spiro atoms. The van der Waals surface area contributed by atoms with Crippen molar-refractivity contribution in [2.24, 2.45) is 5.92 Å². The van der Waals surface area contributed by atoms with Crippen molar-refractivity contribution in [1.29, 1.82) is 0 Å². The topological polar surface area (TPSA) is 78.0 Å². The van der Waals surface area contributed by atoms with Gasteiger partial charge in [0.05, 0.1) is 37.3 Å². The zero-order valence-corrected chi connectivity index (χ0v) is 25.5. The fourth-order valence-electron chi connectivity index (χ4n) is 4.92. The summed E-state index contributed by atoms with van der Waals surface area (Å²) in [5.41, 5.74) is 2.72. The molecule has 5 rings (SSSR count). The lowest BCUT2D eigenvalue weighted by molar-refractivity contribution is 0.268. The van der Waals surface area contributed by atoms with E-state index in [-0.39, 0.29) is 28.2 Å². The zero-order chi connectivity index (χ0) is 29.7. The van der Waals surface area contributed by atoms with Gasteiger partial charge in [-0.25, -0.2) is 22.1 Å². The van der Waals surface area contributed by atoms with Crippen LogP contribution in [0.2, 0.25) is 5.02 Å². The number of methoxy groups -OCH3 is 2. The number of rotatable bonds is 11. The number of hydrogen-bond donors (Lipinski definition) is 0. The fraction of sp³-hybridized carbons (Fsp3) is 0.258. The number of halogens is 2. The van der Waals surface area contributed by atoms with Crippen molar-refractivity contribution in [3.8, 4) is 17.2 Å². The summed E-state index contributed by atoms with van der Waals surface area (Å²) in [6, 6.07) is 16.1. The van der Waals surface area contributed by atoms with Gasteiger partial charge in [0.1, 0.15) is 23.1 Å². The van der Waals surface area contributed by atoms with Crippen molar-refractivity contribution in [2.75, 3.05) is 25.1 Å². The third-order valence-electron chi connectivity index (χ3n) is 7.11. The summed E-state index contributed by atoms with van der Waals surface area (Å²) in [6.07, 6.45) is 6.62. The number of aromatic nitrogens is 1. The second-order valence-corrected chi connectivity index (χ2v) is 12.8. The van der Waals surface area contributed by atoms with Crippen LogP contribution in [0.5, 0.6) is 17.2 Å². The number of ether oxygens (including phenoxy) is 3. The van der Waals surface area contributed by atoms with E-state index < -0.39 is 10.0 Å². The highest BCUT2D eigenvalue weighted by atomic mass is 35.5. The van der Waals surface area contributed by atoms with Crippen LogP contribution in [-0.4, -0.2) is 34.2 Å². The lowest BCUT2D eigenvalue weighted by Gasteiger charge is -2.25. The SMILES string of the molecule is COc1ccc(CN(c2nccs2)S(=O)(=O)c2ccc(OCC3CCCC=C3c3ccc(F)cc3)c(Cl)c2)c(OC)c1. The Morgan fingerprint density at radius 3 is 2.55 bits per heavy atom. The summed E-state index contributed by atoms with van der Waals surface area (Å²) < 4.78 is 59.5. The van der Waals surface area contributed by atoms with Crippen LogP contribution in [0, 0.1) is 11.7 Å². The van der Waals surface area contributed by atoms with E-state index in [1.807, 2.05) is 0 Å². The molecule has 0 radical (unpaired) electrons. The molecule has 1 aromatic heterocycles. The van der Waals surface area contributed by atoms with Crippen LogP contribution in [-0.2, 0) is 16.6 Å². The highest BCUT2D eigenvalue weighted by Gasteiger charge is 2.29. The van der Waals surface area contributed by atoms with Gasteiger partial charge in [0.15, 0.2) is 5.13 Å². The number of anilines is 1. The molecule has 0 saturated carbocycles. The molecule has 0 saturated heterocycles. The molecule has 11 heteroatoms. The predicted octanol–water partition coefficient (Wildman–Crippen LogP) is 7.61. The minimum Gasteiger partial charge on any atom is -0.497 e. The monoisotopic (exact) mass is 628 g/mol. The van der Waals surface area contributed by atoms with Crippen LogP contribution in [0.1, 0.15) is 30.4 Å². The molecule has 0 fully saturated rings. The summed E-state index contributed by atoms with van der Waals surface area (Å²) in [5, 5.41) is 2.20. The van der Waals surface area contributed by atoms with Gasteiger partial charge in [-0.3, -0.25) is 0 Å². The Balaban J connectivity index is 1.37. The van der Waals surface area contributed by atoms with Gasteiger partial charge in [-0.2, -0.15) is 0 Å². The first-order valence-electron chi connectivity index (χ1n) is 13.3. The Hall–Kier alpha value is -3.60. The number of thiazole rings is 1. The van der Waals surface area contributed by atoms with Gasteiger partial charge in [0.25, 0.3) is 10.0 Å². The maximum absolute atomic E-state index is 13.9. The molecule has 1 aliphatic rings. The summed E-state index contributed by atoms with van der Waals surface area (Å²) >= 11 is 7.79. The Morgan fingerprint density at radius 2 is 1.86 bits per heavy atom. The van der Waals surface area contributed by atoms with Crippen molar-refractivity contribution in [1.82, 2.24) is 4.98 Å². The van der Waals surface area contributed by atoms with Crippen molar-refractivity contribution in [2.45, 2.75) is 30.7 Å². The number of nitrogens with zero attached hydrogens (tertiary/aromatic N) is 2. The van der Waals surface area contributed by atoms with Crippen LogP contribution in [0.4, 0.5) is 9.52 Å². The van der Waals surface area contributed by atoms with E-state index in [2.05, 4.69) is 11.1 Å². The first-order chi connectivity index (χ1) is 20.3. The Bertz CT molecular complexity index is 1660. The standard InChI is InChI=1S/C31H30ClFN2O5S2/c1-38-25-12-9-22(30(17-25)39-2)19-35(31-34-15-16-41-31)42(36,37)26-13-14-29(28(32)18-26)40-20-23-5-3-4-6-27(23)21-7-10-24(33)11-8-21/h6-18,23H,3-5,19-20H2,1-2H3. The summed E-state index contributed by atoms with van der Waals surface area (Å²) in [7, 11) is -1.00. The molecule has 42 heavy (non-hydrogen) atoms. The van der Waals surface area contributed by atoms with E-state index in [4.69, 9.17) is 25.8 Å². The third-order valence-corrected chi connectivity index (χ3v) is 10.0. The number of hydrogen-bond acceptors (Lipinski definition) is 7. The molecule has 1 atom stereocenters. The van der Waals surface area contributed by atoms with Crippen LogP contribution in [0.15, 0.2) is 83.2 Å². The Kier molecular flexibility index (Phi) is 9.35. The normalized spacial score (nSPS) is 15.1. The van der Waals surface area contributed by atoms with Crippen molar-refractivity contribution in [3.63, 3.8) is 0 Å². The van der Waals surface area contributed by atoms with Crippen LogP contribution in [0.3, 0.4) is 0 Å². The molecule has 0 aliphatic heterocycles. The highest BCUT2D eigenvalue weighted by molar-refractivity contribution is 7.93. The van der Waals surface area contributed by atoms with Gasteiger partial charge in [0, 0.05) is 29.1 Å². The molecular formula is C31H30ClFN2O5S2. The quantitative estimate of drug-likeness (QED) is 0.170. The first kappa shape index (κ1) is 29.9. The molecule has 1 heterocycles. The summed E-state index contributed by atoms with van der Waals surface area (Å²) in [6.45, 7) is 0.344. The minimum absolute atomic E-state index is 0.00657. The third kappa shape index (κ3) is 6.56. The van der Waals surface area contributed by atoms with E-state index in [0.29, 0.717) is 34.6 Å². The Morgan fingerprint density at radius 1 is 1.05 bits per heavy atom.